The summed E-state index contributed by atoms with van der Waals surface area (Å²) in [5.41, 5.74) is 0.841. The molecule has 5 nitrogen and oxygen atoms in total. The van der Waals surface area contributed by atoms with Crippen LogP contribution in [0.2, 0.25) is 0 Å². The maximum absolute atomic E-state index is 11.2. The van der Waals surface area contributed by atoms with Crippen LogP contribution in [0.5, 0.6) is 0 Å². The summed E-state index contributed by atoms with van der Waals surface area (Å²) in [6, 6.07) is 0. The van der Waals surface area contributed by atoms with Gasteiger partial charge in [-0.2, -0.15) is 0 Å². The minimum absolute atomic E-state index is 0.0645. The molecule has 16 heavy (non-hydrogen) atoms. The Balaban J connectivity index is 2.16. The van der Waals surface area contributed by atoms with Crippen LogP contribution in [0.1, 0.15) is 19.0 Å². The number of thiazole rings is 1. The third-order valence-electron chi connectivity index (χ3n) is 2.14. The normalized spacial score (nSPS) is 11.8. The summed E-state index contributed by atoms with van der Waals surface area (Å²) in [4.78, 5) is 13.4. The highest BCUT2D eigenvalue weighted by Gasteiger charge is 2.05. The number of sulfone groups is 1. The Labute approximate surface area is 98.8 Å². The Morgan fingerprint density at radius 2 is 2.25 bits per heavy atom. The summed E-state index contributed by atoms with van der Waals surface area (Å²) < 4.78 is 22.3. The molecule has 0 saturated heterocycles. The van der Waals surface area contributed by atoms with Crippen molar-refractivity contribution in [2.75, 3.05) is 18.1 Å². The Kier molecular flexibility index (Phi) is 5.17. The molecule has 0 bridgehead atoms. The number of nitrogens with one attached hydrogen (secondary N) is 2. The number of aromatic nitrogens is 1. The molecule has 0 fully saturated rings. The van der Waals surface area contributed by atoms with Crippen molar-refractivity contribution in [3.8, 4) is 0 Å². The average Bonchev–Trinajstić information content (AvgIpc) is 2.64. The first-order valence-corrected chi connectivity index (χ1v) is 7.81. The molecule has 1 rings (SSSR count). The summed E-state index contributed by atoms with van der Waals surface area (Å²) in [7, 11) is -2.86. The highest BCUT2D eigenvalue weighted by atomic mass is 32.2. The second-order valence-electron chi connectivity index (χ2n) is 3.44. The van der Waals surface area contributed by atoms with Gasteiger partial charge >= 0.3 is 4.87 Å². The predicted octanol–water partition coefficient (Wildman–Crippen LogP) is 0.351. The van der Waals surface area contributed by atoms with Gasteiger partial charge in [0.1, 0.15) is 9.84 Å². The van der Waals surface area contributed by atoms with Crippen LogP contribution in [-0.2, 0) is 16.4 Å². The highest BCUT2D eigenvalue weighted by molar-refractivity contribution is 7.91. The monoisotopic (exact) mass is 264 g/mol. The van der Waals surface area contributed by atoms with Crippen molar-refractivity contribution in [3.05, 3.63) is 20.7 Å². The minimum atomic E-state index is -2.86. The molecular weight excluding hydrogens is 248 g/mol. The first-order valence-electron chi connectivity index (χ1n) is 5.11. The van der Waals surface area contributed by atoms with E-state index in [2.05, 4.69) is 10.3 Å². The van der Waals surface area contributed by atoms with E-state index in [4.69, 9.17) is 0 Å². The third-order valence-corrected chi connectivity index (χ3v) is 4.64. The second-order valence-corrected chi connectivity index (χ2v) is 6.76. The van der Waals surface area contributed by atoms with E-state index in [-0.39, 0.29) is 16.4 Å². The van der Waals surface area contributed by atoms with Crippen molar-refractivity contribution in [3.63, 3.8) is 0 Å². The third kappa shape index (κ3) is 4.91. The number of rotatable bonds is 7. The van der Waals surface area contributed by atoms with Gasteiger partial charge in [0.15, 0.2) is 0 Å². The van der Waals surface area contributed by atoms with E-state index >= 15 is 0 Å². The van der Waals surface area contributed by atoms with Gasteiger partial charge < -0.3 is 10.3 Å². The molecule has 0 aliphatic rings. The molecule has 0 spiro atoms. The molecule has 0 atom stereocenters. The van der Waals surface area contributed by atoms with Gasteiger partial charge in [-0.1, -0.05) is 18.3 Å². The molecule has 2 N–H and O–H groups in total. The van der Waals surface area contributed by atoms with Crippen LogP contribution in [-0.4, -0.2) is 31.5 Å². The smallest absolute Gasteiger partial charge is 0.304 e. The van der Waals surface area contributed by atoms with Crippen molar-refractivity contribution >= 4 is 21.2 Å². The molecule has 7 heteroatoms. The van der Waals surface area contributed by atoms with Crippen LogP contribution in [0, 0.1) is 0 Å². The van der Waals surface area contributed by atoms with Gasteiger partial charge in [-0.15, -0.1) is 0 Å². The topological polar surface area (TPSA) is 79.0 Å². The van der Waals surface area contributed by atoms with E-state index in [1.165, 1.54) is 0 Å². The van der Waals surface area contributed by atoms with Gasteiger partial charge in [-0.25, -0.2) is 8.42 Å². The molecule has 0 saturated carbocycles. The van der Waals surface area contributed by atoms with Gasteiger partial charge in [0.05, 0.1) is 5.75 Å². The van der Waals surface area contributed by atoms with Crippen LogP contribution in [0.3, 0.4) is 0 Å². The zero-order valence-electron chi connectivity index (χ0n) is 9.15. The largest absolute Gasteiger partial charge is 0.315 e. The first kappa shape index (κ1) is 13.4. The lowest BCUT2D eigenvalue weighted by Crippen LogP contribution is -2.19. The Morgan fingerprint density at radius 3 is 2.81 bits per heavy atom. The zero-order chi connectivity index (χ0) is 12.0. The van der Waals surface area contributed by atoms with Crippen LogP contribution < -0.4 is 10.2 Å². The van der Waals surface area contributed by atoms with E-state index in [9.17, 15) is 13.2 Å². The van der Waals surface area contributed by atoms with Gasteiger partial charge in [-0.3, -0.25) is 4.79 Å². The second kappa shape index (κ2) is 6.17. The van der Waals surface area contributed by atoms with Gasteiger partial charge in [0, 0.05) is 23.4 Å². The lowest BCUT2D eigenvalue weighted by atomic mass is 10.4. The van der Waals surface area contributed by atoms with Crippen LogP contribution in [0.25, 0.3) is 0 Å². The Morgan fingerprint density at radius 1 is 1.50 bits per heavy atom. The van der Waals surface area contributed by atoms with Crippen molar-refractivity contribution in [2.24, 2.45) is 0 Å². The van der Waals surface area contributed by atoms with E-state index in [0.717, 1.165) is 17.0 Å². The summed E-state index contributed by atoms with van der Waals surface area (Å²) in [6.45, 7) is 2.86. The fourth-order valence-corrected chi connectivity index (χ4v) is 2.64. The number of aromatic amines is 1. The molecule has 1 heterocycles. The molecule has 1 aromatic heterocycles. The zero-order valence-corrected chi connectivity index (χ0v) is 10.8. The Hall–Kier alpha value is -0.660. The Bertz CT molecular complexity index is 461. The number of hydrogen-bond acceptors (Lipinski definition) is 5. The standard InChI is InChI=1S/C9H16N2O3S2/c1-2-16(13,14)5-3-4-10-6-8-7-15-9(12)11-8/h7,10H,2-6H2,1H3,(H,11,12). The molecular formula is C9H16N2O3S2. The van der Waals surface area contributed by atoms with E-state index < -0.39 is 9.84 Å². The van der Waals surface area contributed by atoms with Crippen LogP contribution in [0.15, 0.2) is 10.2 Å². The number of H-pyrrole nitrogens is 1. The summed E-state index contributed by atoms with van der Waals surface area (Å²) in [6.07, 6.45) is 0.602. The predicted molar refractivity (Wildman–Crippen MR) is 65.6 cm³/mol. The van der Waals surface area contributed by atoms with Gasteiger partial charge in [0.25, 0.3) is 0 Å². The van der Waals surface area contributed by atoms with E-state index in [0.29, 0.717) is 19.5 Å². The van der Waals surface area contributed by atoms with Crippen molar-refractivity contribution < 1.29 is 8.42 Å². The van der Waals surface area contributed by atoms with Crippen molar-refractivity contribution in [2.45, 2.75) is 19.9 Å². The lowest BCUT2D eigenvalue weighted by molar-refractivity contribution is 0.589. The first-order chi connectivity index (χ1) is 7.53. The van der Waals surface area contributed by atoms with Crippen LogP contribution in [0.4, 0.5) is 0 Å². The van der Waals surface area contributed by atoms with Crippen molar-refractivity contribution in [1.29, 1.82) is 0 Å². The maximum atomic E-state index is 11.2. The molecule has 0 unspecified atom stereocenters. The fourth-order valence-electron chi connectivity index (χ4n) is 1.19. The minimum Gasteiger partial charge on any atom is -0.315 e. The summed E-state index contributed by atoms with van der Waals surface area (Å²) >= 11 is 1.13. The molecule has 1 aromatic rings. The lowest BCUT2D eigenvalue weighted by Gasteiger charge is -2.03. The fraction of sp³-hybridized carbons (Fsp3) is 0.667. The SMILES string of the molecule is CCS(=O)(=O)CCCNCc1csc(=O)[nH]1. The molecule has 0 aliphatic heterocycles. The molecule has 0 aliphatic carbocycles. The van der Waals surface area contributed by atoms with E-state index in [1.807, 2.05) is 0 Å². The molecule has 0 aromatic carbocycles. The highest BCUT2D eigenvalue weighted by Crippen LogP contribution is 1.95. The molecule has 0 amide bonds. The average molecular weight is 264 g/mol. The van der Waals surface area contributed by atoms with Crippen LogP contribution >= 0.6 is 11.3 Å². The molecule has 92 valence electrons. The quantitative estimate of drug-likeness (QED) is 0.697. The number of hydrogen-bond donors (Lipinski definition) is 2. The summed E-state index contributed by atoms with van der Waals surface area (Å²) in [5, 5.41) is 4.85. The van der Waals surface area contributed by atoms with Gasteiger partial charge in [0.2, 0.25) is 0 Å². The van der Waals surface area contributed by atoms with E-state index in [1.54, 1.807) is 12.3 Å². The maximum Gasteiger partial charge on any atom is 0.304 e. The van der Waals surface area contributed by atoms with Gasteiger partial charge in [-0.05, 0) is 13.0 Å². The van der Waals surface area contributed by atoms with Crippen molar-refractivity contribution in [1.82, 2.24) is 10.3 Å². The summed E-state index contributed by atoms with van der Waals surface area (Å²) in [5.74, 6) is 0.418. The molecule has 0 radical (unpaired) electrons.